The van der Waals surface area contributed by atoms with E-state index in [1.165, 1.54) is 6.20 Å². The van der Waals surface area contributed by atoms with Crippen LogP contribution >= 0.6 is 31.9 Å². The maximum absolute atomic E-state index is 13.8. The molecule has 7 heteroatoms. The molecule has 1 N–H and O–H groups in total. The summed E-state index contributed by atoms with van der Waals surface area (Å²) >= 11 is 6.86. The summed E-state index contributed by atoms with van der Waals surface area (Å²) in [7, 11) is 0. The van der Waals surface area contributed by atoms with Crippen LogP contribution in [0, 0.1) is 5.21 Å². The van der Waals surface area contributed by atoms with Crippen LogP contribution in [0.15, 0.2) is 57.2 Å². The highest BCUT2D eigenvalue weighted by molar-refractivity contribution is 9.11. The fraction of sp³-hybridized carbons (Fsp3) is 0.222. The third kappa shape index (κ3) is 3.29. The van der Waals surface area contributed by atoms with Crippen LogP contribution in [-0.4, -0.2) is 16.9 Å². The van der Waals surface area contributed by atoms with E-state index in [9.17, 15) is 10.0 Å². The Balaban J connectivity index is 1.84. The monoisotopic (exact) mass is 463 g/mol. The van der Waals surface area contributed by atoms with Gasteiger partial charge in [-0.15, -0.1) is 0 Å². The molecule has 0 spiro atoms. The molecule has 2 aromatic rings. The standard InChI is InChI=1S/C18H15Br2N3O2/c19-13-7-14(20)9-16(8-13)23(25)10-12(18(24)22-15-3-4-15)6-11-2-1-5-21-17(11)23/h1-2,5,7-10,15H,3-4,6H2,(H,22,24). The Kier molecular flexibility index (Phi) is 4.27. The van der Waals surface area contributed by atoms with Crippen LogP contribution in [0.4, 0.5) is 11.5 Å². The van der Waals surface area contributed by atoms with Gasteiger partial charge in [-0.1, -0.05) is 31.9 Å². The van der Waals surface area contributed by atoms with Crippen molar-refractivity contribution >= 4 is 49.3 Å². The molecular formula is C18H15Br2N3O2. The molecule has 2 aliphatic rings. The number of hydroxylamine groups is 1. The van der Waals surface area contributed by atoms with Crippen molar-refractivity contribution in [3.8, 4) is 0 Å². The number of aromatic nitrogens is 1. The second-order valence-electron chi connectivity index (χ2n) is 6.35. The SMILES string of the molecule is O=C(NC1CC1)C1=C[N+]([O-])(c2cc(Br)cc(Br)c2)c2ncccc2C1. The number of pyridine rings is 1. The molecule has 0 bridgehead atoms. The Morgan fingerprint density at radius 2 is 1.96 bits per heavy atom. The molecule has 1 fully saturated rings. The first-order chi connectivity index (χ1) is 12.0. The molecule has 1 unspecified atom stereocenters. The zero-order valence-electron chi connectivity index (χ0n) is 13.2. The molecule has 1 aliphatic heterocycles. The molecule has 0 saturated heterocycles. The molecule has 1 aromatic heterocycles. The van der Waals surface area contributed by atoms with Gasteiger partial charge < -0.3 is 10.5 Å². The van der Waals surface area contributed by atoms with E-state index in [1.807, 2.05) is 12.1 Å². The Hall–Kier alpha value is -1.54. The molecule has 25 heavy (non-hydrogen) atoms. The Labute approximate surface area is 162 Å². The van der Waals surface area contributed by atoms with Gasteiger partial charge >= 0.3 is 0 Å². The number of amides is 1. The van der Waals surface area contributed by atoms with Crippen LogP contribution in [0.1, 0.15) is 18.4 Å². The van der Waals surface area contributed by atoms with Crippen molar-refractivity contribution in [3.05, 3.63) is 68.0 Å². The molecule has 128 valence electrons. The predicted molar refractivity (Wildman–Crippen MR) is 104 cm³/mol. The largest absolute Gasteiger partial charge is 0.616 e. The van der Waals surface area contributed by atoms with Gasteiger partial charge in [-0.05, 0) is 31.0 Å². The third-order valence-corrected chi connectivity index (χ3v) is 5.25. The summed E-state index contributed by atoms with van der Waals surface area (Å²) in [6.45, 7) is 0. The minimum absolute atomic E-state index is 0.163. The van der Waals surface area contributed by atoms with Crippen molar-refractivity contribution in [2.75, 3.05) is 0 Å². The number of quaternary nitrogens is 1. The van der Waals surface area contributed by atoms with E-state index in [1.54, 1.807) is 24.4 Å². The fourth-order valence-electron chi connectivity index (χ4n) is 2.97. The van der Waals surface area contributed by atoms with E-state index in [0.29, 0.717) is 23.5 Å². The number of rotatable bonds is 3. The average Bonchev–Trinajstić information content (AvgIpc) is 3.38. The maximum atomic E-state index is 13.8. The quantitative estimate of drug-likeness (QED) is 0.538. The van der Waals surface area contributed by atoms with Crippen LogP contribution in [0.3, 0.4) is 0 Å². The minimum Gasteiger partial charge on any atom is -0.616 e. The lowest BCUT2D eigenvalue weighted by atomic mass is 10.0. The first-order valence-corrected chi connectivity index (χ1v) is 9.58. The Morgan fingerprint density at radius 3 is 2.64 bits per heavy atom. The molecule has 5 nitrogen and oxygen atoms in total. The Bertz CT molecular complexity index is 875. The van der Waals surface area contributed by atoms with Crippen molar-refractivity contribution in [2.24, 2.45) is 0 Å². The van der Waals surface area contributed by atoms with Crippen LogP contribution in [0.2, 0.25) is 0 Å². The molecule has 4 rings (SSSR count). The molecule has 1 aliphatic carbocycles. The summed E-state index contributed by atoms with van der Waals surface area (Å²) in [6, 6.07) is 9.28. The smallest absolute Gasteiger partial charge is 0.253 e. The van der Waals surface area contributed by atoms with Gasteiger partial charge in [-0.2, -0.15) is 0 Å². The summed E-state index contributed by atoms with van der Waals surface area (Å²) in [5.74, 6) is 0.236. The number of nitrogens with zero attached hydrogens (tertiary/aromatic N) is 2. The first-order valence-electron chi connectivity index (χ1n) is 7.99. The van der Waals surface area contributed by atoms with Crippen molar-refractivity contribution < 1.29 is 4.79 Å². The third-order valence-electron chi connectivity index (χ3n) is 4.34. The highest BCUT2D eigenvalue weighted by atomic mass is 79.9. The summed E-state index contributed by atoms with van der Waals surface area (Å²) in [5.41, 5.74) is 1.74. The van der Waals surface area contributed by atoms with Gasteiger partial charge in [0.2, 0.25) is 5.82 Å². The van der Waals surface area contributed by atoms with Crippen LogP contribution in [0.5, 0.6) is 0 Å². The van der Waals surface area contributed by atoms with Gasteiger partial charge in [0.15, 0.2) is 0 Å². The van der Waals surface area contributed by atoms with Gasteiger partial charge in [0.25, 0.3) is 5.91 Å². The molecule has 0 radical (unpaired) electrons. The van der Waals surface area contributed by atoms with E-state index in [-0.39, 0.29) is 11.9 Å². The lowest BCUT2D eigenvalue weighted by Gasteiger charge is -2.40. The van der Waals surface area contributed by atoms with Crippen LogP contribution in [0.25, 0.3) is 0 Å². The molecule has 2 heterocycles. The summed E-state index contributed by atoms with van der Waals surface area (Å²) in [5, 5.41) is 16.8. The second-order valence-corrected chi connectivity index (χ2v) is 8.18. The number of halogens is 2. The van der Waals surface area contributed by atoms with Crippen molar-refractivity contribution in [1.82, 2.24) is 14.9 Å². The van der Waals surface area contributed by atoms with Crippen molar-refractivity contribution in [1.29, 1.82) is 0 Å². The molecular weight excluding hydrogens is 450 g/mol. The molecule has 1 aromatic carbocycles. The minimum atomic E-state index is -0.887. The van der Waals surface area contributed by atoms with E-state index >= 15 is 0 Å². The average molecular weight is 465 g/mol. The molecule has 1 atom stereocenters. The van der Waals surface area contributed by atoms with Crippen molar-refractivity contribution in [3.63, 3.8) is 0 Å². The predicted octanol–water partition coefficient (Wildman–Crippen LogP) is 4.46. The Morgan fingerprint density at radius 1 is 1.24 bits per heavy atom. The van der Waals surface area contributed by atoms with E-state index in [4.69, 9.17) is 0 Å². The van der Waals surface area contributed by atoms with Crippen LogP contribution < -0.4 is 9.96 Å². The normalized spacial score (nSPS) is 22.1. The summed E-state index contributed by atoms with van der Waals surface area (Å²) in [4.78, 5) is 16.9. The highest BCUT2D eigenvalue weighted by Crippen LogP contribution is 2.42. The lowest BCUT2D eigenvalue weighted by Crippen LogP contribution is -2.39. The van der Waals surface area contributed by atoms with Gasteiger partial charge in [-0.25, -0.2) is 4.98 Å². The van der Waals surface area contributed by atoms with E-state index < -0.39 is 4.65 Å². The van der Waals surface area contributed by atoms with Crippen LogP contribution in [-0.2, 0) is 11.2 Å². The number of fused-ring (bicyclic) bond motifs is 1. The highest BCUT2D eigenvalue weighted by Gasteiger charge is 2.35. The topological polar surface area (TPSA) is 65.0 Å². The number of hydrogen-bond acceptors (Lipinski definition) is 3. The molecule has 1 saturated carbocycles. The zero-order chi connectivity index (χ0) is 17.6. The number of carbonyl (C=O) groups is 1. The van der Waals surface area contributed by atoms with Gasteiger partial charge in [0.1, 0.15) is 11.9 Å². The van der Waals surface area contributed by atoms with E-state index in [2.05, 4.69) is 42.2 Å². The lowest BCUT2D eigenvalue weighted by molar-refractivity contribution is -0.117. The van der Waals surface area contributed by atoms with Gasteiger partial charge in [-0.3, -0.25) is 9.44 Å². The van der Waals surface area contributed by atoms with Gasteiger partial charge in [0, 0.05) is 45.3 Å². The summed E-state index contributed by atoms with van der Waals surface area (Å²) in [6.07, 6.45) is 5.51. The number of benzene rings is 1. The van der Waals surface area contributed by atoms with E-state index in [0.717, 1.165) is 27.4 Å². The molecule has 1 amide bonds. The maximum Gasteiger partial charge on any atom is 0.253 e. The fourth-order valence-corrected chi connectivity index (χ4v) is 4.24. The van der Waals surface area contributed by atoms with Gasteiger partial charge in [0.05, 0.1) is 5.57 Å². The first kappa shape index (κ1) is 16.9. The summed E-state index contributed by atoms with van der Waals surface area (Å²) < 4.78 is 0.679. The number of nitrogens with one attached hydrogen (secondary N) is 1. The van der Waals surface area contributed by atoms with Crippen molar-refractivity contribution in [2.45, 2.75) is 25.3 Å². The number of carbonyl (C=O) groups excluding carboxylic acids is 1. The number of hydrogen-bond donors (Lipinski definition) is 1. The zero-order valence-corrected chi connectivity index (χ0v) is 16.4. The second kappa shape index (κ2) is 6.32.